The van der Waals surface area contributed by atoms with Gasteiger partial charge in [0.1, 0.15) is 17.5 Å². The zero-order chi connectivity index (χ0) is 39.9. The van der Waals surface area contributed by atoms with Crippen molar-refractivity contribution in [2.24, 2.45) is 29.1 Å². The Kier molecular flexibility index (Phi) is 11.5. The number of amides is 2. The number of sulfonamides is 1. The molecule has 0 unspecified atom stereocenters. The molecule has 55 heavy (non-hydrogen) atoms. The second-order valence-electron chi connectivity index (χ2n) is 16.9. The summed E-state index contributed by atoms with van der Waals surface area (Å²) in [5.74, 6) is -2.99. The highest BCUT2D eigenvalue weighted by Gasteiger charge is 2.61. The van der Waals surface area contributed by atoms with Crippen molar-refractivity contribution in [2.45, 2.75) is 122 Å². The molecule has 3 heterocycles. The number of carbonyl (C=O) groups is 4. The van der Waals surface area contributed by atoms with Gasteiger partial charge in [-0.3, -0.25) is 28.7 Å². The van der Waals surface area contributed by atoms with Crippen LogP contribution in [0.15, 0.2) is 35.1 Å². The van der Waals surface area contributed by atoms with E-state index in [4.69, 9.17) is 14.2 Å². The molecule has 6 rings (SSSR count). The van der Waals surface area contributed by atoms with E-state index in [9.17, 15) is 32.4 Å². The van der Waals surface area contributed by atoms with Crippen LogP contribution in [0.1, 0.15) is 98.8 Å². The SMILES string of the molecule is CC[C@@H]1C[C@H](C)CC/C=C\[C@@H]2C[C@@]2(C(=O)NS(=O)(=O)C2CC2)CC(=O)[C@@H]2C[C@@H](Oc3nc4cc(OC)ccc4[nH]c3=O)CN2C(=O)[C@H]1CC(=O)OC(C)(C)C. The highest BCUT2D eigenvalue weighted by atomic mass is 32.2. The van der Waals surface area contributed by atoms with Gasteiger partial charge < -0.3 is 24.1 Å². The summed E-state index contributed by atoms with van der Waals surface area (Å²) in [5, 5.41) is -0.623. The summed E-state index contributed by atoms with van der Waals surface area (Å²) in [6.07, 6.45) is 6.57. The first-order valence-electron chi connectivity index (χ1n) is 19.5. The second kappa shape index (κ2) is 15.7. The highest BCUT2D eigenvalue weighted by Crippen LogP contribution is 2.57. The topological polar surface area (TPSA) is 191 Å². The molecule has 2 saturated carbocycles. The van der Waals surface area contributed by atoms with Crippen molar-refractivity contribution < 1.29 is 41.8 Å². The molecule has 2 aliphatic carbocycles. The van der Waals surface area contributed by atoms with Gasteiger partial charge >= 0.3 is 11.5 Å². The van der Waals surface area contributed by atoms with Crippen LogP contribution < -0.4 is 19.8 Å². The van der Waals surface area contributed by atoms with Gasteiger partial charge in [-0.1, -0.05) is 32.4 Å². The molecule has 2 amide bonds. The normalized spacial score (nSPS) is 29.7. The van der Waals surface area contributed by atoms with Crippen molar-refractivity contribution >= 4 is 44.6 Å². The molecule has 2 aliphatic heterocycles. The lowest BCUT2D eigenvalue weighted by Crippen LogP contribution is -2.48. The van der Waals surface area contributed by atoms with Crippen LogP contribution in [0, 0.1) is 29.1 Å². The number of rotatable bonds is 9. The summed E-state index contributed by atoms with van der Waals surface area (Å²) in [5.41, 5.74) is -1.80. The third-order valence-electron chi connectivity index (χ3n) is 11.5. The van der Waals surface area contributed by atoms with Gasteiger partial charge in [0.2, 0.25) is 21.8 Å². The van der Waals surface area contributed by atoms with Crippen molar-refractivity contribution in [1.82, 2.24) is 19.6 Å². The van der Waals surface area contributed by atoms with E-state index in [1.54, 1.807) is 39.0 Å². The van der Waals surface area contributed by atoms with E-state index >= 15 is 0 Å². The van der Waals surface area contributed by atoms with Crippen molar-refractivity contribution in [3.05, 3.63) is 40.7 Å². The molecule has 2 N–H and O–H groups in total. The number of fused-ring (bicyclic) bond motifs is 3. The number of hydrogen-bond donors (Lipinski definition) is 2. The molecule has 4 aliphatic rings. The number of ketones is 1. The molecule has 2 aromatic rings. The number of nitrogens with zero attached hydrogens (tertiary/aromatic N) is 2. The molecule has 1 aromatic carbocycles. The number of allylic oxidation sites excluding steroid dienone is 2. The zero-order valence-electron chi connectivity index (χ0n) is 32.6. The Hall–Kier alpha value is -4.27. The number of methoxy groups -OCH3 is 1. The molecule has 3 fully saturated rings. The van der Waals surface area contributed by atoms with Crippen LogP contribution >= 0.6 is 0 Å². The monoisotopic (exact) mass is 782 g/mol. The molecule has 1 aromatic heterocycles. The number of aromatic amines is 1. The molecule has 1 saturated heterocycles. The first-order chi connectivity index (χ1) is 25.9. The minimum absolute atomic E-state index is 0.00717. The Bertz CT molecular complexity index is 2020. The molecular weight excluding hydrogens is 729 g/mol. The number of carbonyl (C=O) groups excluding carboxylic acids is 4. The summed E-state index contributed by atoms with van der Waals surface area (Å²) >= 11 is 0. The largest absolute Gasteiger partial charge is 0.497 e. The Morgan fingerprint density at radius 3 is 2.53 bits per heavy atom. The van der Waals surface area contributed by atoms with Crippen LogP contribution in [0.3, 0.4) is 0 Å². The maximum absolute atomic E-state index is 14.9. The Morgan fingerprint density at radius 2 is 1.85 bits per heavy atom. The Labute approximate surface area is 322 Å². The van der Waals surface area contributed by atoms with E-state index in [-0.39, 0.29) is 55.9 Å². The lowest BCUT2D eigenvalue weighted by molar-refractivity contribution is -0.160. The number of aromatic nitrogens is 2. The van der Waals surface area contributed by atoms with Crippen LogP contribution in [0.5, 0.6) is 11.6 Å². The molecule has 0 radical (unpaired) electrons. The van der Waals surface area contributed by atoms with E-state index in [2.05, 4.69) is 21.6 Å². The fourth-order valence-corrected chi connectivity index (χ4v) is 9.60. The fraction of sp³-hybridized carbons (Fsp3) is 0.650. The number of hydrogen-bond acceptors (Lipinski definition) is 11. The molecule has 300 valence electrons. The van der Waals surface area contributed by atoms with Crippen molar-refractivity contribution in [1.29, 1.82) is 0 Å². The lowest BCUT2D eigenvalue weighted by Gasteiger charge is -2.33. The summed E-state index contributed by atoms with van der Waals surface area (Å²) in [6.45, 7) is 9.30. The van der Waals surface area contributed by atoms with E-state index in [0.717, 1.165) is 6.42 Å². The summed E-state index contributed by atoms with van der Waals surface area (Å²) in [6, 6.07) is 3.92. The third-order valence-corrected chi connectivity index (χ3v) is 13.3. The summed E-state index contributed by atoms with van der Waals surface area (Å²) < 4.78 is 45.3. The van der Waals surface area contributed by atoms with Gasteiger partial charge in [0.15, 0.2) is 5.78 Å². The standard InChI is InChI=1S/C40H54N4O10S/c1-7-24-16-23(2)10-8-9-11-25-20-40(25,38(49)43-55(50,51)28-13-14-28)21-33(45)32-18-27(22-44(32)37(48)29(24)19-34(46)54-39(3,4)5)53-36-35(47)41-30-15-12-26(52-6)17-31(30)42-36/h9,11-12,15,17,23-25,27-29,32H,7-8,10,13-14,16,18-22H2,1-6H3,(H,41,47)(H,43,49)/b11-9-/t23-,24-,25-,27-,29+,32+,40-/m1/s1. The van der Waals surface area contributed by atoms with Gasteiger partial charge in [-0.25, -0.2) is 13.4 Å². The average molecular weight is 783 g/mol. The zero-order valence-corrected chi connectivity index (χ0v) is 33.4. The Morgan fingerprint density at radius 1 is 1.11 bits per heavy atom. The van der Waals surface area contributed by atoms with Crippen molar-refractivity contribution in [3.8, 4) is 11.6 Å². The molecule has 14 nitrogen and oxygen atoms in total. The van der Waals surface area contributed by atoms with E-state index in [0.29, 0.717) is 48.9 Å². The van der Waals surface area contributed by atoms with Gasteiger partial charge in [-0.2, -0.15) is 0 Å². The number of nitrogens with one attached hydrogen (secondary N) is 2. The van der Waals surface area contributed by atoms with E-state index < -0.39 is 73.5 Å². The van der Waals surface area contributed by atoms with Gasteiger partial charge in [0.05, 0.1) is 53.7 Å². The first-order valence-corrected chi connectivity index (χ1v) is 21.0. The van der Waals surface area contributed by atoms with E-state index in [1.807, 2.05) is 19.1 Å². The Balaban J connectivity index is 1.36. The van der Waals surface area contributed by atoms with Gasteiger partial charge in [0, 0.05) is 18.9 Å². The van der Waals surface area contributed by atoms with Crippen LogP contribution in [0.25, 0.3) is 11.0 Å². The maximum atomic E-state index is 14.9. The van der Waals surface area contributed by atoms with Gasteiger partial charge in [0.25, 0.3) is 5.88 Å². The number of ether oxygens (including phenoxy) is 3. The number of benzene rings is 1. The predicted molar refractivity (Wildman–Crippen MR) is 204 cm³/mol. The second-order valence-corrected chi connectivity index (χ2v) is 18.9. The predicted octanol–water partition coefficient (Wildman–Crippen LogP) is 4.60. The summed E-state index contributed by atoms with van der Waals surface area (Å²) in [4.78, 5) is 78.5. The van der Waals surface area contributed by atoms with Crippen LogP contribution in [-0.4, -0.2) is 83.5 Å². The van der Waals surface area contributed by atoms with Crippen LogP contribution in [-0.2, 0) is 33.9 Å². The molecule has 7 atom stereocenters. The van der Waals surface area contributed by atoms with E-state index in [1.165, 1.54) is 12.0 Å². The van der Waals surface area contributed by atoms with Crippen molar-refractivity contribution in [2.75, 3.05) is 13.7 Å². The van der Waals surface area contributed by atoms with Gasteiger partial charge in [-0.15, -0.1) is 0 Å². The smallest absolute Gasteiger partial charge is 0.311 e. The number of Topliss-reactive ketones (excluding diaryl/α,β-unsaturated/α-hetero) is 1. The highest BCUT2D eigenvalue weighted by molar-refractivity contribution is 7.90. The number of esters is 1. The lowest BCUT2D eigenvalue weighted by atomic mass is 9.79. The quantitative estimate of drug-likeness (QED) is 0.267. The molecule has 0 spiro atoms. The summed E-state index contributed by atoms with van der Waals surface area (Å²) in [7, 11) is -2.37. The number of H-pyrrole nitrogens is 1. The van der Waals surface area contributed by atoms with Crippen molar-refractivity contribution in [3.63, 3.8) is 0 Å². The van der Waals surface area contributed by atoms with Crippen LogP contribution in [0.2, 0.25) is 0 Å². The minimum atomic E-state index is -3.88. The van der Waals surface area contributed by atoms with Gasteiger partial charge in [-0.05, 0) is 89.2 Å². The molecular formula is C40H54N4O10S. The minimum Gasteiger partial charge on any atom is -0.497 e. The molecule has 15 heteroatoms. The fourth-order valence-electron chi connectivity index (χ4n) is 8.22. The van der Waals surface area contributed by atoms with Crippen LogP contribution in [0.4, 0.5) is 0 Å². The molecule has 0 bridgehead atoms. The first kappa shape index (κ1) is 40.4. The average Bonchev–Trinajstić information content (AvgIpc) is 4.04. The third kappa shape index (κ3) is 9.24. The maximum Gasteiger partial charge on any atom is 0.311 e.